The van der Waals surface area contributed by atoms with Crippen molar-refractivity contribution < 1.29 is 38.1 Å². The van der Waals surface area contributed by atoms with Gasteiger partial charge in [0, 0.05) is 22.3 Å². The van der Waals surface area contributed by atoms with Gasteiger partial charge < -0.3 is 23.7 Å². The van der Waals surface area contributed by atoms with Gasteiger partial charge >= 0.3 is 17.9 Å². The first-order valence-corrected chi connectivity index (χ1v) is 11.5. The highest BCUT2D eigenvalue weighted by molar-refractivity contribution is 5.91. The van der Waals surface area contributed by atoms with Gasteiger partial charge in [-0.2, -0.15) is 0 Å². The minimum absolute atomic E-state index is 0.0153. The quantitative estimate of drug-likeness (QED) is 0.197. The zero-order chi connectivity index (χ0) is 26.4. The standard InChI is InChI=1S/C28H30O8/c1-16(2)26(29)34-11-9-32-20-7-8-23(33-10-12-35-27(30)17(3)4)21(15-20)24-22-14-18(5)13-19(6)25(22)36-28(24)31/h7-8,13-15,24H,1,3,9-12H2,2,4-6H3. The lowest BCUT2D eigenvalue weighted by Gasteiger charge is -2.17. The molecule has 0 radical (unpaired) electrons. The Kier molecular flexibility index (Phi) is 8.53. The Morgan fingerprint density at radius 1 is 0.861 bits per heavy atom. The molecule has 0 saturated heterocycles. The van der Waals surface area contributed by atoms with Crippen LogP contribution in [0.2, 0.25) is 0 Å². The fraction of sp³-hybridized carbons (Fsp3) is 0.321. The van der Waals surface area contributed by atoms with E-state index in [0.29, 0.717) is 34.0 Å². The van der Waals surface area contributed by atoms with Crippen LogP contribution >= 0.6 is 0 Å². The average Bonchev–Trinajstić information content (AvgIpc) is 3.15. The number of ether oxygens (including phenoxy) is 5. The molecule has 2 aromatic rings. The summed E-state index contributed by atoms with van der Waals surface area (Å²) in [5, 5.41) is 0. The Balaban J connectivity index is 1.84. The van der Waals surface area contributed by atoms with Gasteiger partial charge in [-0.05, 0) is 51.5 Å². The molecule has 8 nitrogen and oxygen atoms in total. The zero-order valence-corrected chi connectivity index (χ0v) is 21.0. The summed E-state index contributed by atoms with van der Waals surface area (Å²) in [6, 6.07) is 8.93. The van der Waals surface area contributed by atoms with Gasteiger partial charge in [0.2, 0.25) is 0 Å². The number of hydrogen-bond acceptors (Lipinski definition) is 8. The summed E-state index contributed by atoms with van der Waals surface area (Å²) in [7, 11) is 0. The number of fused-ring (bicyclic) bond motifs is 1. The van der Waals surface area contributed by atoms with Crippen LogP contribution < -0.4 is 14.2 Å². The Labute approximate surface area is 210 Å². The number of hydrogen-bond donors (Lipinski definition) is 0. The SMILES string of the molecule is C=C(C)C(=O)OCCOc1ccc(OCCOC(=O)C(=C)C)c(C2C(=O)Oc3c(C)cc(C)cc32)c1. The van der Waals surface area contributed by atoms with Crippen molar-refractivity contribution in [1.29, 1.82) is 0 Å². The predicted molar refractivity (Wildman–Crippen MR) is 132 cm³/mol. The van der Waals surface area contributed by atoms with Gasteiger partial charge in [0.05, 0.1) is 0 Å². The summed E-state index contributed by atoms with van der Waals surface area (Å²) in [5.41, 5.74) is 3.74. The summed E-state index contributed by atoms with van der Waals surface area (Å²) in [6.07, 6.45) is 0. The van der Waals surface area contributed by atoms with Crippen LogP contribution in [-0.4, -0.2) is 44.3 Å². The van der Waals surface area contributed by atoms with Gasteiger partial charge in [-0.25, -0.2) is 9.59 Å². The first kappa shape index (κ1) is 26.5. The summed E-state index contributed by atoms with van der Waals surface area (Å²) >= 11 is 0. The molecule has 0 saturated carbocycles. The molecule has 0 spiro atoms. The number of carbonyl (C=O) groups excluding carboxylic acids is 3. The number of rotatable bonds is 11. The van der Waals surface area contributed by atoms with Crippen LogP contribution in [0.25, 0.3) is 0 Å². The van der Waals surface area contributed by atoms with Crippen molar-refractivity contribution in [3.63, 3.8) is 0 Å². The molecule has 0 fully saturated rings. The Hall–Kier alpha value is -4.07. The molecule has 0 N–H and O–H groups in total. The maximum atomic E-state index is 13.0. The lowest BCUT2D eigenvalue weighted by Crippen LogP contribution is -2.16. The van der Waals surface area contributed by atoms with Crippen LogP contribution in [0.3, 0.4) is 0 Å². The van der Waals surface area contributed by atoms with E-state index in [1.165, 1.54) is 0 Å². The fourth-order valence-corrected chi connectivity index (χ4v) is 3.72. The van der Waals surface area contributed by atoms with E-state index in [0.717, 1.165) is 16.7 Å². The molecule has 1 unspecified atom stereocenters. The monoisotopic (exact) mass is 494 g/mol. The third kappa shape index (κ3) is 6.33. The van der Waals surface area contributed by atoms with Crippen molar-refractivity contribution >= 4 is 17.9 Å². The highest BCUT2D eigenvalue weighted by Crippen LogP contribution is 2.45. The Bertz CT molecular complexity index is 1210. The predicted octanol–water partition coefficient (Wildman–Crippen LogP) is 4.35. The summed E-state index contributed by atoms with van der Waals surface area (Å²) in [5.74, 6) is -0.726. The Morgan fingerprint density at radius 2 is 1.47 bits per heavy atom. The molecule has 1 heterocycles. The second kappa shape index (κ2) is 11.6. The molecule has 1 aliphatic heterocycles. The molecule has 8 heteroatoms. The molecule has 1 aliphatic rings. The van der Waals surface area contributed by atoms with E-state index in [2.05, 4.69) is 13.2 Å². The first-order chi connectivity index (χ1) is 17.1. The minimum atomic E-state index is -0.726. The molecule has 0 bridgehead atoms. The largest absolute Gasteiger partial charge is 0.490 e. The fourth-order valence-electron chi connectivity index (χ4n) is 3.72. The highest BCUT2D eigenvalue weighted by atomic mass is 16.6. The number of esters is 3. The average molecular weight is 495 g/mol. The molecule has 1 atom stereocenters. The van der Waals surface area contributed by atoms with Crippen molar-refractivity contribution in [2.24, 2.45) is 0 Å². The molecule has 0 aliphatic carbocycles. The summed E-state index contributed by atoms with van der Waals surface area (Å²) < 4.78 is 27.4. The van der Waals surface area contributed by atoms with Crippen molar-refractivity contribution in [3.05, 3.63) is 76.9 Å². The van der Waals surface area contributed by atoms with Crippen LogP contribution in [-0.2, 0) is 23.9 Å². The van der Waals surface area contributed by atoms with Crippen molar-refractivity contribution in [2.45, 2.75) is 33.6 Å². The van der Waals surface area contributed by atoms with Crippen LogP contribution in [0.5, 0.6) is 17.2 Å². The van der Waals surface area contributed by atoms with E-state index in [-0.39, 0.29) is 26.4 Å². The van der Waals surface area contributed by atoms with Gasteiger partial charge in [0.15, 0.2) is 0 Å². The van der Waals surface area contributed by atoms with Gasteiger partial charge in [-0.3, -0.25) is 4.79 Å². The molecule has 36 heavy (non-hydrogen) atoms. The lowest BCUT2D eigenvalue weighted by atomic mass is 9.89. The third-order valence-electron chi connectivity index (χ3n) is 5.35. The number of carbonyl (C=O) groups is 3. The van der Waals surface area contributed by atoms with Crippen LogP contribution in [0.15, 0.2) is 54.6 Å². The van der Waals surface area contributed by atoms with Crippen molar-refractivity contribution in [2.75, 3.05) is 26.4 Å². The van der Waals surface area contributed by atoms with Gasteiger partial charge in [0.1, 0.15) is 49.6 Å². The normalized spacial score (nSPS) is 13.9. The first-order valence-electron chi connectivity index (χ1n) is 11.5. The lowest BCUT2D eigenvalue weighted by molar-refractivity contribution is -0.140. The summed E-state index contributed by atoms with van der Waals surface area (Å²) in [6.45, 7) is 14.3. The van der Waals surface area contributed by atoms with E-state index in [4.69, 9.17) is 23.7 Å². The third-order valence-corrected chi connectivity index (χ3v) is 5.35. The topological polar surface area (TPSA) is 97.4 Å². The van der Waals surface area contributed by atoms with Crippen LogP contribution in [0.4, 0.5) is 0 Å². The number of benzene rings is 2. The second-order valence-electron chi connectivity index (χ2n) is 8.58. The van der Waals surface area contributed by atoms with Crippen molar-refractivity contribution in [3.8, 4) is 17.2 Å². The zero-order valence-electron chi connectivity index (χ0n) is 21.0. The molecule has 2 aromatic carbocycles. The van der Waals surface area contributed by atoms with Gasteiger partial charge in [-0.15, -0.1) is 0 Å². The Morgan fingerprint density at radius 3 is 2.08 bits per heavy atom. The molecule has 0 aromatic heterocycles. The van der Waals surface area contributed by atoms with Gasteiger partial charge in [-0.1, -0.05) is 30.9 Å². The maximum Gasteiger partial charge on any atom is 0.333 e. The number of aryl methyl sites for hydroxylation is 2. The van der Waals surface area contributed by atoms with E-state index in [1.54, 1.807) is 32.0 Å². The molecule has 3 rings (SSSR count). The molecular weight excluding hydrogens is 464 g/mol. The van der Waals surface area contributed by atoms with E-state index < -0.39 is 23.8 Å². The second-order valence-corrected chi connectivity index (χ2v) is 8.58. The van der Waals surface area contributed by atoms with Gasteiger partial charge in [0.25, 0.3) is 0 Å². The molecular formula is C28H30O8. The van der Waals surface area contributed by atoms with Crippen molar-refractivity contribution in [1.82, 2.24) is 0 Å². The summed E-state index contributed by atoms with van der Waals surface area (Å²) in [4.78, 5) is 36.2. The minimum Gasteiger partial charge on any atom is -0.490 e. The molecule has 190 valence electrons. The highest BCUT2D eigenvalue weighted by Gasteiger charge is 2.38. The van der Waals surface area contributed by atoms with Crippen LogP contribution in [0, 0.1) is 13.8 Å². The maximum absolute atomic E-state index is 13.0. The van der Waals surface area contributed by atoms with E-state index in [9.17, 15) is 14.4 Å². The van der Waals surface area contributed by atoms with E-state index in [1.807, 2.05) is 26.0 Å². The van der Waals surface area contributed by atoms with E-state index >= 15 is 0 Å². The van der Waals surface area contributed by atoms with Crippen LogP contribution in [0.1, 0.15) is 42.0 Å². The smallest absolute Gasteiger partial charge is 0.333 e. The molecule has 0 amide bonds.